The number of rotatable bonds is 9. The van der Waals surface area contributed by atoms with Crippen LogP contribution in [0.4, 0.5) is 5.69 Å². The van der Waals surface area contributed by atoms with Crippen LogP contribution in [0, 0.1) is 14.9 Å². The van der Waals surface area contributed by atoms with Crippen molar-refractivity contribution in [3.05, 3.63) is 56.7 Å². The highest BCUT2D eigenvalue weighted by Gasteiger charge is 2.22. The molecule has 0 saturated carbocycles. The number of amides is 1. The monoisotopic (exact) mass is 482 g/mol. The lowest BCUT2D eigenvalue weighted by Gasteiger charge is -2.15. The number of hydrogen-bond donors (Lipinski definition) is 3. The number of nitrogens with zero attached hydrogens (tertiary/aromatic N) is 3. The van der Waals surface area contributed by atoms with E-state index in [1.807, 2.05) is 17.5 Å². The number of carbonyl (C=O) groups is 1. The summed E-state index contributed by atoms with van der Waals surface area (Å²) in [6.45, 7) is 1.57. The topological polar surface area (TPSA) is 152 Å². The smallest absolute Gasteiger partial charge is 0.270 e. The number of aromatic nitrogens is 3. The molecule has 0 spiro atoms. The molecular formula is C17H18N6O5S3. The van der Waals surface area contributed by atoms with Gasteiger partial charge in [0.25, 0.3) is 5.69 Å². The Labute approximate surface area is 186 Å². The molecule has 14 heteroatoms. The number of H-pyrrole nitrogens is 1. The van der Waals surface area contributed by atoms with Crippen LogP contribution in [0.3, 0.4) is 0 Å². The second-order valence-corrected chi connectivity index (χ2v) is 9.42. The number of thiophene rings is 1. The van der Waals surface area contributed by atoms with Gasteiger partial charge in [-0.1, -0.05) is 12.1 Å². The third kappa shape index (κ3) is 5.22. The Bertz CT molecular complexity index is 1250. The fraction of sp³-hybridized carbons (Fsp3) is 0.235. The second-order valence-electron chi connectivity index (χ2n) is 6.32. The molecule has 0 fully saturated rings. The first-order chi connectivity index (χ1) is 14.7. The normalized spacial score (nSPS) is 12.4. The van der Waals surface area contributed by atoms with E-state index in [9.17, 15) is 23.3 Å². The van der Waals surface area contributed by atoms with Gasteiger partial charge in [0, 0.05) is 25.2 Å². The molecule has 0 bridgehead atoms. The van der Waals surface area contributed by atoms with Crippen LogP contribution in [0.15, 0.2) is 46.7 Å². The first-order valence-electron chi connectivity index (χ1n) is 8.93. The van der Waals surface area contributed by atoms with E-state index in [1.165, 1.54) is 29.5 Å². The van der Waals surface area contributed by atoms with E-state index in [1.54, 1.807) is 11.5 Å². The van der Waals surface area contributed by atoms with Gasteiger partial charge in [0.2, 0.25) is 15.9 Å². The van der Waals surface area contributed by atoms with Crippen LogP contribution < -0.4 is 10.0 Å². The molecule has 2 heterocycles. The maximum absolute atomic E-state index is 12.6. The van der Waals surface area contributed by atoms with Gasteiger partial charge in [0.15, 0.2) is 10.6 Å². The van der Waals surface area contributed by atoms with Gasteiger partial charge in [-0.05, 0) is 36.7 Å². The standard InChI is InChI=1S/C17H18N6O5S3/c1-11(22-15(20-21-17(22)29)14-6-3-9-30-14)16(24)18-7-8-19-31(27,28)13-5-2-4-12(10-13)23(25)26/h2-6,9-11,19H,7-8H2,1H3,(H,18,24)(H,21,29). The molecule has 0 aliphatic heterocycles. The summed E-state index contributed by atoms with van der Waals surface area (Å²) in [5, 5.41) is 22.2. The van der Waals surface area contributed by atoms with Gasteiger partial charge in [0.1, 0.15) is 6.04 Å². The molecule has 3 rings (SSSR count). The van der Waals surface area contributed by atoms with Crippen molar-refractivity contribution in [2.75, 3.05) is 13.1 Å². The fourth-order valence-electron chi connectivity index (χ4n) is 2.73. The Hall–Kier alpha value is -2.94. The van der Waals surface area contributed by atoms with Gasteiger partial charge in [-0.2, -0.15) is 5.10 Å². The Morgan fingerprint density at radius 2 is 2.13 bits per heavy atom. The van der Waals surface area contributed by atoms with Gasteiger partial charge in [-0.3, -0.25) is 24.6 Å². The van der Waals surface area contributed by atoms with Crippen molar-refractivity contribution in [2.45, 2.75) is 17.9 Å². The van der Waals surface area contributed by atoms with Crippen LogP contribution in [-0.4, -0.2) is 47.1 Å². The molecule has 0 saturated heterocycles. The van der Waals surface area contributed by atoms with E-state index in [0.717, 1.165) is 10.9 Å². The van der Waals surface area contributed by atoms with Crippen molar-refractivity contribution < 1.29 is 18.1 Å². The molecule has 1 atom stereocenters. The first kappa shape index (κ1) is 22.7. The lowest BCUT2D eigenvalue weighted by molar-refractivity contribution is -0.385. The van der Waals surface area contributed by atoms with Gasteiger partial charge >= 0.3 is 0 Å². The largest absolute Gasteiger partial charge is 0.353 e. The zero-order chi connectivity index (χ0) is 22.6. The number of non-ortho nitro benzene ring substituents is 1. The van der Waals surface area contributed by atoms with Crippen molar-refractivity contribution in [1.29, 1.82) is 0 Å². The summed E-state index contributed by atoms with van der Waals surface area (Å²) >= 11 is 6.70. The summed E-state index contributed by atoms with van der Waals surface area (Å²) < 4.78 is 28.8. The van der Waals surface area contributed by atoms with Crippen molar-refractivity contribution in [3.63, 3.8) is 0 Å². The average molecular weight is 483 g/mol. The van der Waals surface area contributed by atoms with Crippen LogP contribution in [0.1, 0.15) is 13.0 Å². The quantitative estimate of drug-likeness (QED) is 0.183. The summed E-state index contributed by atoms with van der Waals surface area (Å²) in [6.07, 6.45) is 0. The summed E-state index contributed by atoms with van der Waals surface area (Å²) in [5.41, 5.74) is -0.330. The zero-order valence-electron chi connectivity index (χ0n) is 16.1. The van der Waals surface area contributed by atoms with Crippen molar-refractivity contribution in [3.8, 4) is 10.7 Å². The minimum Gasteiger partial charge on any atom is -0.353 e. The third-order valence-corrected chi connectivity index (χ3v) is 6.88. The van der Waals surface area contributed by atoms with Gasteiger partial charge in [0.05, 0.1) is 14.7 Å². The molecular weight excluding hydrogens is 464 g/mol. The average Bonchev–Trinajstić information content (AvgIpc) is 3.40. The summed E-state index contributed by atoms with van der Waals surface area (Å²) in [7, 11) is -3.96. The molecule has 3 aromatic rings. The summed E-state index contributed by atoms with van der Waals surface area (Å²) in [6, 6.07) is 7.75. The van der Waals surface area contributed by atoms with Crippen LogP contribution in [0.2, 0.25) is 0 Å². The first-order valence-corrected chi connectivity index (χ1v) is 11.7. The number of nitro groups is 1. The molecule has 1 amide bonds. The number of aromatic amines is 1. The number of sulfonamides is 1. The van der Waals surface area contributed by atoms with Crippen LogP contribution in [0.5, 0.6) is 0 Å². The number of benzene rings is 1. The van der Waals surface area contributed by atoms with E-state index < -0.39 is 21.0 Å². The highest BCUT2D eigenvalue weighted by atomic mass is 32.2. The lowest BCUT2D eigenvalue weighted by Crippen LogP contribution is -2.37. The van der Waals surface area contributed by atoms with Crippen molar-refractivity contribution in [2.24, 2.45) is 0 Å². The molecule has 1 unspecified atom stereocenters. The minimum atomic E-state index is -3.96. The van der Waals surface area contributed by atoms with E-state index in [-0.39, 0.29) is 34.4 Å². The second kappa shape index (κ2) is 9.47. The Morgan fingerprint density at radius 1 is 1.35 bits per heavy atom. The highest BCUT2D eigenvalue weighted by Crippen LogP contribution is 2.25. The fourth-order valence-corrected chi connectivity index (χ4v) is 4.80. The number of hydrogen-bond acceptors (Lipinski definition) is 8. The number of carbonyl (C=O) groups excluding carboxylic acids is 1. The van der Waals surface area contributed by atoms with Crippen LogP contribution in [0.25, 0.3) is 10.7 Å². The number of nitro benzene ring substituents is 1. The Balaban J connectivity index is 1.60. The zero-order valence-corrected chi connectivity index (χ0v) is 18.6. The summed E-state index contributed by atoms with van der Waals surface area (Å²) in [4.78, 5) is 23.3. The highest BCUT2D eigenvalue weighted by molar-refractivity contribution is 7.89. The van der Waals surface area contributed by atoms with Crippen LogP contribution in [-0.2, 0) is 14.8 Å². The number of nitrogens with one attached hydrogen (secondary N) is 3. The van der Waals surface area contributed by atoms with Gasteiger partial charge < -0.3 is 5.32 Å². The molecule has 164 valence electrons. The molecule has 3 N–H and O–H groups in total. The predicted octanol–water partition coefficient (Wildman–Crippen LogP) is 2.23. The Morgan fingerprint density at radius 3 is 2.81 bits per heavy atom. The van der Waals surface area contributed by atoms with Gasteiger partial charge in [-0.25, -0.2) is 13.1 Å². The van der Waals surface area contributed by atoms with Crippen molar-refractivity contribution in [1.82, 2.24) is 24.8 Å². The molecule has 0 radical (unpaired) electrons. The van der Waals surface area contributed by atoms with E-state index in [0.29, 0.717) is 5.82 Å². The van der Waals surface area contributed by atoms with E-state index in [4.69, 9.17) is 12.2 Å². The SMILES string of the molecule is CC(C(=O)NCCNS(=O)(=O)c1cccc([N+](=O)[O-])c1)n1c(-c2cccs2)n[nH]c1=S. The molecule has 1 aromatic carbocycles. The maximum atomic E-state index is 12.6. The molecule has 0 aliphatic rings. The maximum Gasteiger partial charge on any atom is 0.270 e. The van der Waals surface area contributed by atoms with E-state index in [2.05, 4.69) is 20.2 Å². The van der Waals surface area contributed by atoms with Gasteiger partial charge in [-0.15, -0.1) is 11.3 Å². The summed E-state index contributed by atoms with van der Waals surface area (Å²) in [5.74, 6) is 0.166. The predicted molar refractivity (Wildman–Crippen MR) is 117 cm³/mol. The molecule has 11 nitrogen and oxygen atoms in total. The molecule has 0 aliphatic carbocycles. The molecule has 2 aromatic heterocycles. The van der Waals surface area contributed by atoms with Crippen LogP contribution >= 0.6 is 23.6 Å². The lowest BCUT2D eigenvalue weighted by atomic mass is 10.3. The van der Waals surface area contributed by atoms with Crippen molar-refractivity contribution >= 4 is 45.2 Å². The molecule has 31 heavy (non-hydrogen) atoms. The third-order valence-electron chi connectivity index (χ3n) is 4.27. The van der Waals surface area contributed by atoms with E-state index >= 15 is 0 Å². The Kier molecular flexibility index (Phi) is 6.94. The minimum absolute atomic E-state index is 0.0108.